The molecule has 0 saturated carbocycles. The first-order valence-corrected chi connectivity index (χ1v) is 6.33. The maximum atomic E-state index is 11.6. The van der Waals surface area contributed by atoms with Crippen molar-refractivity contribution >= 4 is 27.6 Å². The van der Waals surface area contributed by atoms with Crippen molar-refractivity contribution in [2.75, 3.05) is 18.5 Å². The van der Waals surface area contributed by atoms with Crippen LogP contribution in [0.5, 0.6) is 0 Å². The lowest BCUT2D eigenvalue weighted by molar-refractivity contribution is 0.243. The minimum atomic E-state index is -0.235. The van der Waals surface area contributed by atoms with E-state index in [0.717, 1.165) is 10.2 Å². The van der Waals surface area contributed by atoms with Crippen LogP contribution in [-0.4, -0.2) is 24.3 Å². The molecule has 0 saturated heterocycles. The van der Waals surface area contributed by atoms with Crippen LogP contribution >= 0.6 is 15.9 Å². The molecule has 0 aliphatic rings. The zero-order chi connectivity index (χ0) is 12.7. The number of urea groups is 1. The van der Waals surface area contributed by atoms with Gasteiger partial charge in [-0.1, -0.05) is 19.1 Å². The summed E-state index contributed by atoms with van der Waals surface area (Å²) < 4.78 is 0.846. The van der Waals surface area contributed by atoms with Crippen LogP contribution in [0.1, 0.15) is 13.3 Å². The topological polar surface area (TPSA) is 61.4 Å². The zero-order valence-electron chi connectivity index (χ0n) is 9.74. The summed E-state index contributed by atoms with van der Waals surface area (Å²) in [7, 11) is 0. The number of benzene rings is 1. The van der Waals surface area contributed by atoms with E-state index in [1.165, 1.54) is 0 Å². The van der Waals surface area contributed by atoms with E-state index in [0.29, 0.717) is 13.0 Å². The Morgan fingerprint density at radius 2 is 2.18 bits per heavy atom. The Balaban J connectivity index is 2.37. The van der Waals surface area contributed by atoms with Crippen LogP contribution in [-0.2, 0) is 0 Å². The standard InChI is InChI=1S/C12H17BrN2O2/c1-9(6-7-16)8-14-12(17)15-11-5-3-2-4-10(11)13/h2-5,9,16H,6-8H2,1H3,(H2,14,15,17). The fourth-order valence-corrected chi connectivity index (χ4v) is 1.70. The van der Waals surface area contributed by atoms with Gasteiger partial charge in [-0.05, 0) is 40.4 Å². The number of nitrogens with one attached hydrogen (secondary N) is 2. The second kappa shape index (κ2) is 7.29. The van der Waals surface area contributed by atoms with Gasteiger partial charge in [0.15, 0.2) is 0 Å². The Bertz CT molecular complexity index is 371. The van der Waals surface area contributed by atoms with E-state index < -0.39 is 0 Å². The molecular weight excluding hydrogens is 284 g/mol. The highest BCUT2D eigenvalue weighted by Gasteiger charge is 2.06. The molecule has 94 valence electrons. The molecule has 0 aromatic heterocycles. The number of hydrogen-bond donors (Lipinski definition) is 3. The summed E-state index contributed by atoms with van der Waals surface area (Å²) in [4.78, 5) is 11.6. The number of aliphatic hydroxyl groups is 1. The molecule has 4 nitrogen and oxygen atoms in total. The van der Waals surface area contributed by atoms with Crippen LogP contribution < -0.4 is 10.6 Å². The Morgan fingerprint density at radius 1 is 1.47 bits per heavy atom. The van der Waals surface area contributed by atoms with Crippen molar-refractivity contribution in [3.8, 4) is 0 Å². The second-order valence-corrected chi connectivity index (χ2v) is 4.79. The smallest absolute Gasteiger partial charge is 0.319 e. The highest BCUT2D eigenvalue weighted by molar-refractivity contribution is 9.10. The monoisotopic (exact) mass is 300 g/mol. The number of hydrogen-bond acceptors (Lipinski definition) is 2. The van der Waals surface area contributed by atoms with Gasteiger partial charge in [-0.2, -0.15) is 0 Å². The van der Waals surface area contributed by atoms with Crippen LogP contribution in [0.2, 0.25) is 0 Å². The van der Waals surface area contributed by atoms with Gasteiger partial charge in [0.25, 0.3) is 0 Å². The van der Waals surface area contributed by atoms with Crippen molar-refractivity contribution in [2.45, 2.75) is 13.3 Å². The fraction of sp³-hybridized carbons (Fsp3) is 0.417. The van der Waals surface area contributed by atoms with Crippen LogP contribution in [0, 0.1) is 5.92 Å². The van der Waals surface area contributed by atoms with Crippen molar-refractivity contribution in [1.29, 1.82) is 0 Å². The maximum absolute atomic E-state index is 11.6. The summed E-state index contributed by atoms with van der Waals surface area (Å²) in [6, 6.07) is 7.19. The van der Waals surface area contributed by atoms with Gasteiger partial charge in [0, 0.05) is 17.6 Å². The van der Waals surface area contributed by atoms with Crippen molar-refractivity contribution in [3.63, 3.8) is 0 Å². The van der Waals surface area contributed by atoms with E-state index in [1.807, 2.05) is 31.2 Å². The van der Waals surface area contributed by atoms with Crippen LogP contribution in [0.3, 0.4) is 0 Å². The number of aliphatic hydroxyl groups excluding tert-OH is 1. The lowest BCUT2D eigenvalue weighted by Crippen LogP contribution is -2.32. The van der Waals surface area contributed by atoms with E-state index in [-0.39, 0.29) is 18.6 Å². The third kappa shape index (κ3) is 5.19. The molecule has 2 amide bonds. The largest absolute Gasteiger partial charge is 0.396 e. The molecule has 5 heteroatoms. The molecule has 0 aliphatic carbocycles. The number of carbonyl (C=O) groups excluding carboxylic acids is 1. The molecule has 1 unspecified atom stereocenters. The zero-order valence-corrected chi connectivity index (χ0v) is 11.3. The number of amides is 2. The number of halogens is 1. The van der Waals surface area contributed by atoms with Crippen molar-refractivity contribution < 1.29 is 9.90 Å². The molecule has 0 bridgehead atoms. The molecule has 0 aliphatic heterocycles. The van der Waals surface area contributed by atoms with Gasteiger partial charge in [0.05, 0.1) is 5.69 Å². The highest BCUT2D eigenvalue weighted by Crippen LogP contribution is 2.20. The number of para-hydroxylation sites is 1. The summed E-state index contributed by atoms with van der Waals surface area (Å²) >= 11 is 3.35. The average molecular weight is 301 g/mol. The van der Waals surface area contributed by atoms with Crippen molar-refractivity contribution in [1.82, 2.24) is 5.32 Å². The first kappa shape index (κ1) is 14.0. The minimum absolute atomic E-state index is 0.148. The lowest BCUT2D eigenvalue weighted by Gasteiger charge is -2.12. The fourth-order valence-electron chi connectivity index (χ4n) is 1.32. The SMILES string of the molecule is CC(CCO)CNC(=O)Nc1ccccc1Br. The number of rotatable bonds is 5. The average Bonchev–Trinajstić information content (AvgIpc) is 2.30. The van der Waals surface area contributed by atoms with Crippen molar-refractivity contribution in [2.24, 2.45) is 5.92 Å². The molecule has 0 fully saturated rings. The van der Waals surface area contributed by atoms with Gasteiger partial charge < -0.3 is 15.7 Å². The molecule has 1 rings (SSSR count). The predicted octanol–water partition coefficient (Wildman–Crippen LogP) is 2.59. The van der Waals surface area contributed by atoms with Gasteiger partial charge in [-0.15, -0.1) is 0 Å². The third-order valence-corrected chi connectivity index (χ3v) is 3.05. The molecule has 0 radical (unpaired) electrons. The summed E-state index contributed by atoms with van der Waals surface area (Å²) in [5, 5.41) is 14.2. The molecule has 1 aromatic rings. The van der Waals surface area contributed by atoms with Gasteiger partial charge in [0.2, 0.25) is 0 Å². The summed E-state index contributed by atoms with van der Waals surface area (Å²) in [6.07, 6.45) is 0.690. The predicted molar refractivity (Wildman–Crippen MR) is 72.0 cm³/mol. The maximum Gasteiger partial charge on any atom is 0.319 e. The van der Waals surface area contributed by atoms with Crippen molar-refractivity contribution in [3.05, 3.63) is 28.7 Å². The highest BCUT2D eigenvalue weighted by atomic mass is 79.9. The summed E-state index contributed by atoms with van der Waals surface area (Å²) in [5.74, 6) is 0.268. The van der Waals surface area contributed by atoms with E-state index >= 15 is 0 Å². The van der Waals surface area contributed by atoms with Crippen LogP contribution in [0.15, 0.2) is 28.7 Å². The van der Waals surface area contributed by atoms with Gasteiger partial charge >= 0.3 is 6.03 Å². The summed E-state index contributed by atoms with van der Waals surface area (Å²) in [6.45, 7) is 2.68. The van der Waals surface area contributed by atoms with E-state index in [4.69, 9.17) is 5.11 Å². The normalized spacial score (nSPS) is 11.9. The van der Waals surface area contributed by atoms with Gasteiger partial charge in [-0.3, -0.25) is 0 Å². The molecule has 17 heavy (non-hydrogen) atoms. The Morgan fingerprint density at radius 3 is 2.82 bits per heavy atom. The molecule has 1 aromatic carbocycles. The molecule has 0 heterocycles. The number of anilines is 1. The van der Waals surface area contributed by atoms with Crippen LogP contribution in [0.25, 0.3) is 0 Å². The lowest BCUT2D eigenvalue weighted by atomic mass is 10.1. The first-order chi connectivity index (χ1) is 8.13. The minimum Gasteiger partial charge on any atom is -0.396 e. The van der Waals surface area contributed by atoms with Gasteiger partial charge in [-0.25, -0.2) is 4.79 Å². The number of carbonyl (C=O) groups is 1. The summed E-state index contributed by atoms with van der Waals surface area (Å²) in [5.41, 5.74) is 0.736. The second-order valence-electron chi connectivity index (χ2n) is 3.93. The first-order valence-electron chi connectivity index (χ1n) is 5.53. The molecular formula is C12H17BrN2O2. The molecule has 0 spiro atoms. The Labute approximate surface area is 110 Å². The van der Waals surface area contributed by atoms with Gasteiger partial charge in [0.1, 0.15) is 0 Å². The molecule has 3 N–H and O–H groups in total. The third-order valence-electron chi connectivity index (χ3n) is 2.36. The Kier molecular flexibility index (Phi) is 6.00. The van der Waals surface area contributed by atoms with E-state index in [9.17, 15) is 4.79 Å². The molecule has 1 atom stereocenters. The van der Waals surface area contributed by atoms with E-state index in [2.05, 4.69) is 26.6 Å². The van der Waals surface area contributed by atoms with Crippen LogP contribution in [0.4, 0.5) is 10.5 Å². The quantitative estimate of drug-likeness (QED) is 0.783. The Hall–Kier alpha value is -1.07. The van der Waals surface area contributed by atoms with E-state index in [1.54, 1.807) is 0 Å².